The molecule has 3 aromatic rings. The van der Waals surface area contributed by atoms with Gasteiger partial charge in [0.2, 0.25) is 10.0 Å². The van der Waals surface area contributed by atoms with Crippen molar-refractivity contribution in [1.82, 2.24) is 14.5 Å². The highest BCUT2D eigenvalue weighted by molar-refractivity contribution is 7.89. The van der Waals surface area contributed by atoms with Crippen molar-refractivity contribution in [2.75, 3.05) is 0 Å². The highest BCUT2D eigenvalue weighted by atomic mass is 32.2. The van der Waals surface area contributed by atoms with Gasteiger partial charge in [-0.1, -0.05) is 37.3 Å². The largest absolute Gasteiger partial charge is 0.503 e. The first kappa shape index (κ1) is 24.3. The van der Waals surface area contributed by atoms with Crippen LogP contribution < -0.4 is 4.72 Å². The van der Waals surface area contributed by atoms with Gasteiger partial charge in [0.05, 0.1) is 22.3 Å². The fourth-order valence-electron chi connectivity index (χ4n) is 3.47. The molecule has 0 unspecified atom stereocenters. The van der Waals surface area contributed by atoms with Crippen molar-refractivity contribution >= 4 is 16.2 Å². The Labute approximate surface area is 187 Å². The van der Waals surface area contributed by atoms with Crippen molar-refractivity contribution in [3.8, 4) is 5.69 Å². The third-order valence-electron chi connectivity index (χ3n) is 5.18. The molecule has 0 saturated heterocycles. The maximum Gasteiger partial charge on any atom is 0.503 e. The van der Waals surface area contributed by atoms with E-state index in [0.29, 0.717) is 5.69 Å². The molecule has 3 atom stereocenters. The summed E-state index contributed by atoms with van der Waals surface area (Å²) in [5, 5.41) is 17.6. The summed E-state index contributed by atoms with van der Waals surface area (Å²) < 4.78 is 67.3. The molecule has 3 N–H and O–H groups in total. The second kappa shape index (κ2) is 9.24. The zero-order valence-corrected chi connectivity index (χ0v) is 18.0. The zero-order valence-electron chi connectivity index (χ0n) is 17.1. The molecule has 8 nitrogen and oxygen atoms in total. The van der Waals surface area contributed by atoms with Gasteiger partial charge in [0, 0.05) is 18.2 Å². The van der Waals surface area contributed by atoms with Gasteiger partial charge >= 0.3 is 12.3 Å². The molecule has 0 spiro atoms. The van der Waals surface area contributed by atoms with Crippen molar-refractivity contribution in [3.05, 3.63) is 78.1 Å². The van der Waals surface area contributed by atoms with Gasteiger partial charge < -0.3 is 10.2 Å². The van der Waals surface area contributed by atoms with Crippen LogP contribution in [0.4, 0.5) is 18.0 Å². The number of benzene rings is 2. The van der Waals surface area contributed by atoms with Gasteiger partial charge in [-0.15, -0.1) is 0 Å². The maximum absolute atomic E-state index is 12.7. The Kier molecular flexibility index (Phi) is 6.79. The molecule has 1 aromatic heterocycles. The molecule has 0 radical (unpaired) electrons. The average Bonchev–Trinajstić information content (AvgIpc) is 3.14. The predicted molar refractivity (Wildman–Crippen MR) is 112 cm³/mol. The predicted octanol–water partition coefficient (Wildman–Crippen LogP) is 4.19. The molecule has 1 aliphatic rings. The molecular weight excluding hydrogens is 463 g/mol. The Morgan fingerprint density at radius 1 is 1.06 bits per heavy atom. The summed E-state index contributed by atoms with van der Waals surface area (Å²) in [6.07, 6.45) is -4.73. The first-order chi connectivity index (χ1) is 15.4. The third kappa shape index (κ3) is 5.90. The van der Waals surface area contributed by atoms with E-state index in [9.17, 15) is 21.6 Å². The summed E-state index contributed by atoms with van der Waals surface area (Å²) in [6.45, 7) is 1.99. The molecule has 176 valence electrons. The molecule has 2 aromatic carbocycles. The number of rotatable bonds is 5. The van der Waals surface area contributed by atoms with Gasteiger partial charge in [-0.3, -0.25) is 0 Å². The van der Waals surface area contributed by atoms with Crippen LogP contribution >= 0.6 is 0 Å². The summed E-state index contributed by atoms with van der Waals surface area (Å²) in [5.74, 6) is 0.298. The average molecular weight is 483 g/mol. The minimum absolute atomic E-state index is 0.0513. The van der Waals surface area contributed by atoms with Gasteiger partial charge in [-0.25, -0.2) is 22.6 Å². The first-order valence-corrected chi connectivity index (χ1v) is 11.1. The van der Waals surface area contributed by atoms with E-state index < -0.39 is 27.9 Å². The summed E-state index contributed by atoms with van der Waals surface area (Å²) in [7, 11) is -3.75. The Bertz CT molecular complexity index is 1210. The number of carbonyl (C=O) groups is 1. The number of nitrogens with zero attached hydrogens (tertiary/aromatic N) is 2. The highest BCUT2D eigenvalue weighted by Crippen LogP contribution is 2.47. The van der Waals surface area contributed by atoms with Gasteiger partial charge in [0.25, 0.3) is 0 Å². The molecule has 33 heavy (non-hydrogen) atoms. The number of halogens is 3. The van der Waals surface area contributed by atoms with Crippen molar-refractivity contribution in [1.29, 1.82) is 0 Å². The molecule has 0 aliphatic heterocycles. The van der Waals surface area contributed by atoms with Crippen LogP contribution in [-0.4, -0.2) is 40.6 Å². The summed E-state index contributed by atoms with van der Waals surface area (Å²) in [4.78, 5) is 8.61. The number of alkyl halides is 3. The van der Waals surface area contributed by atoms with Crippen LogP contribution in [0, 0.1) is 5.92 Å². The topological polar surface area (TPSA) is 122 Å². The van der Waals surface area contributed by atoms with Crippen LogP contribution in [0.25, 0.3) is 5.69 Å². The van der Waals surface area contributed by atoms with Crippen molar-refractivity contribution in [3.63, 3.8) is 0 Å². The molecular formula is C21H20F3N3O5S. The highest BCUT2D eigenvalue weighted by Gasteiger charge is 2.49. The van der Waals surface area contributed by atoms with E-state index in [2.05, 4.69) is 9.82 Å². The van der Waals surface area contributed by atoms with Crippen LogP contribution in [-0.2, 0) is 16.2 Å². The van der Waals surface area contributed by atoms with Crippen LogP contribution in [0.3, 0.4) is 0 Å². The second-order valence-corrected chi connectivity index (χ2v) is 9.10. The minimum atomic E-state index is -4.48. The lowest BCUT2D eigenvalue weighted by Gasteiger charge is -2.08. The molecule has 1 saturated carbocycles. The number of sulfonamides is 1. The van der Waals surface area contributed by atoms with Gasteiger partial charge in [0.15, 0.2) is 0 Å². The van der Waals surface area contributed by atoms with E-state index in [1.165, 1.54) is 24.3 Å². The summed E-state index contributed by atoms with van der Waals surface area (Å²) in [5.41, 5.74) is 0.550. The van der Waals surface area contributed by atoms with Crippen molar-refractivity contribution < 1.29 is 36.6 Å². The second-order valence-electron chi connectivity index (χ2n) is 7.39. The van der Waals surface area contributed by atoms with Crippen LogP contribution in [0.2, 0.25) is 0 Å². The monoisotopic (exact) mass is 483 g/mol. The number of carboxylic acid groups (broad SMARTS) is 2. The van der Waals surface area contributed by atoms with E-state index in [4.69, 9.17) is 15.0 Å². The molecule has 0 amide bonds. The summed E-state index contributed by atoms with van der Waals surface area (Å²) in [6, 6.07) is 15.1. The lowest BCUT2D eigenvalue weighted by Crippen LogP contribution is -2.27. The first-order valence-electron chi connectivity index (χ1n) is 9.61. The van der Waals surface area contributed by atoms with Crippen LogP contribution in [0.1, 0.15) is 24.0 Å². The number of nitrogens with one attached hydrogen (secondary N) is 1. The lowest BCUT2D eigenvalue weighted by molar-refractivity contribution is -0.137. The summed E-state index contributed by atoms with van der Waals surface area (Å²) >= 11 is 0. The van der Waals surface area contributed by atoms with E-state index in [1.54, 1.807) is 0 Å². The number of hydrogen-bond donors (Lipinski definition) is 3. The zero-order chi connectivity index (χ0) is 24.4. The Morgan fingerprint density at radius 2 is 1.64 bits per heavy atom. The van der Waals surface area contributed by atoms with Crippen LogP contribution in [0.5, 0.6) is 0 Å². The number of aromatic nitrogens is 2. The van der Waals surface area contributed by atoms with Gasteiger partial charge in [0.1, 0.15) is 0 Å². The van der Waals surface area contributed by atoms with Crippen LogP contribution in [0.15, 0.2) is 71.9 Å². The SMILES string of the molecule is C[C@H]1[C@H](NS(=O)(=O)c2ccc(-n3cc(C(F)(F)F)cn3)cc2)[C@H]1c1ccccc1.O=C(O)O. The maximum atomic E-state index is 12.7. The normalized spacial score (nSPS) is 19.9. The molecule has 1 aliphatic carbocycles. The molecule has 4 rings (SSSR count). The molecule has 12 heteroatoms. The third-order valence-corrected chi connectivity index (χ3v) is 6.65. The quantitative estimate of drug-likeness (QED) is 0.500. The van der Waals surface area contributed by atoms with Crippen molar-refractivity contribution in [2.24, 2.45) is 5.92 Å². The fraction of sp³-hybridized carbons (Fsp3) is 0.238. The van der Waals surface area contributed by atoms with Gasteiger partial charge in [-0.2, -0.15) is 18.3 Å². The van der Waals surface area contributed by atoms with E-state index in [0.717, 1.165) is 22.6 Å². The molecule has 1 heterocycles. The Morgan fingerprint density at radius 3 is 2.15 bits per heavy atom. The standard InChI is InChI=1S/C20H18F3N3O2S.CH2O3/c1-13-18(14-5-3-2-4-6-14)19(13)25-29(27,28)17-9-7-16(8-10-17)26-12-15(11-24-26)20(21,22)23;2-1(3)4/h2-13,18-19,25H,1H3;(H2,2,3,4)/t13-,18-,19+;/m1./s1. The van der Waals surface area contributed by atoms with Crippen molar-refractivity contribution in [2.45, 2.75) is 30.0 Å². The minimum Gasteiger partial charge on any atom is -0.450 e. The van der Waals surface area contributed by atoms with Gasteiger partial charge in [-0.05, 0) is 35.7 Å². The molecule has 1 fully saturated rings. The lowest BCUT2D eigenvalue weighted by atomic mass is 10.1. The number of hydrogen-bond acceptors (Lipinski definition) is 4. The van der Waals surface area contributed by atoms with E-state index in [1.807, 2.05) is 37.3 Å². The molecule has 0 bridgehead atoms. The Balaban J connectivity index is 0.000000709. The van der Waals surface area contributed by atoms with E-state index in [-0.39, 0.29) is 22.8 Å². The smallest absolute Gasteiger partial charge is 0.450 e. The fourth-order valence-corrected chi connectivity index (χ4v) is 4.82. The Hall–Kier alpha value is -3.38. The van der Waals surface area contributed by atoms with E-state index >= 15 is 0 Å².